The number of rotatable bonds is 5. The molecular weight excluding hydrogens is 318 g/mol. The molecule has 5 heteroatoms. The third kappa shape index (κ3) is 3.55. The van der Waals surface area contributed by atoms with Crippen molar-refractivity contribution >= 4 is 17.9 Å². The number of benzene rings is 2. The quantitative estimate of drug-likeness (QED) is 0.616. The first-order valence-electron chi connectivity index (χ1n) is 8.01. The molecule has 0 radical (unpaired) electrons. The molecule has 0 bridgehead atoms. The predicted molar refractivity (Wildman–Crippen MR) is 95.9 cm³/mol. The van der Waals surface area contributed by atoms with Crippen molar-refractivity contribution in [3.8, 4) is 11.5 Å². The minimum Gasteiger partial charge on any atom is -0.493 e. The lowest BCUT2D eigenvalue weighted by Crippen LogP contribution is -2.06. The van der Waals surface area contributed by atoms with Gasteiger partial charge in [0.25, 0.3) is 0 Å². The lowest BCUT2D eigenvalue weighted by atomic mass is 10.1. The van der Waals surface area contributed by atoms with E-state index in [0.717, 1.165) is 16.7 Å². The second-order valence-electron chi connectivity index (χ2n) is 5.49. The number of ether oxygens (including phenoxy) is 3. The number of carbonyl (C=O) groups excluding carboxylic acids is 1. The zero-order valence-electron chi connectivity index (χ0n) is 14.4. The Kier molecular flexibility index (Phi) is 4.84. The minimum atomic E-state index is -0.467. The lowest BCUT2D eigenvalue weighted by molar-refractivity contribution is -0.129. The molecule has 0 unspecified atom stereocenters. The summed E-state index contributed by atoms with van der Waals surface area (Å²) in [5.41, 5.74) is 2.84. The molecule has 0 spiro atoms. The summed E-state index contributed by atoms with van der Waals surface area (Å²) in [5, 5.41) is 0. The van der Waals surface area contributed by atoms with Gasteiger partial charge in [-0.2, -0.15) is 0 Å². The highest BCUT2D eigenvalue weighted by atomic mass is 16.6. The normalized spacial score (nSPS) is 15.1. The molecule has 5 nitrogen and oxygen atoms in total. The van der Waals surface area contributed by atoms with Gasteiger partial charge in [0.2, 0.25) is 5.90 Å². The zero-order chi connectivity index (χ0) is 17.8. The highest BCUT2D eigenvalue weighted by Gasteiger charge is 2.25. The molecule has 0 N–H and O–H groups in total. The monoisotopic (exact) mass is 337 g/mol. The van der Waals surface area contributed by atoms with E-state index in [1.807, 2.05) is 44.2 Å². The molecule has 0 fully saturated rings. The average molecular weight is 337 g/mol. The van der Waals surface area contributed by atoms with Crippen LogP contribution in [0.3, 0.4) is 0 Å². The van der Waals surface area contributed by atoms with E-state index in [2.05, 4.69) is 4.99 Å². The summed E-state index contributed by atoms with van der Waals surface area (Å²) >= 11 is 0. The van der Waals surface area contributed by atoms with Crippen LogP contribution < -0.4 is 9.47 Å². The van der Waals surface area contributed by atoms with Gasteiger partial charge >= 0.3 is 5.97 Å². The number of hydrogen-bond acceptors (Lipinski definition) is 5. The van der Waals surface area contributed by atoms with Crippen LogP contribution in [0.2, 0.25) is 0 Å². The Labute approximate surface area is 146 Å². The number of hydrogen-bond donors (Lipinski definition) is 0. The average Bonchev–Trinajstić information content (AvgIpc) is 2.97. The molecule has 0 atom stereocenters. The van der Waals surface area contributed by atoms with Gasteiger partial charge in [0, 0.05) is 5.56 Å². The van der Waals surface area contributed by atoms with Gasteiger partial charge < -0.3 is 14.2 Å². The van der Waals surface area contributed by atoms with E-state index in [1.165, 1.54) is 0 Å². The fourth-order valence-corrected chi connectivity index (χ4v) is 2.54. The molecule has 2 aromatic carbocycles. The standard InChI is InChI=1S/C20H19NO4/c1-4-24-17-10-9-14(12-18(17)23-3)11-16-20(22)25-19(21-16)15-8-6-5-7-13(15)2/h5-12H,4H2,1-3H3/b16-11-. The molecule has 0 saturated heterocycles. The molecule has 1 heterocycles. The smallest absolute Gasteiger partial charge is 0.363 e. The first-order valence-corrected chi connectivity index (χ1v) is 8.01. The van der Waals surface area contributed by atoms with Crippen LogP contribution in [0.25, 0.3) is 6.08 Å². The summed E-state index contributed by atoms with van der Waals surface area (Å²) in [6.07, 6.45) is 1.67. The number of nitrogens with zero attached hydrogens (tertiary/aromatic N) is 1. The van der Waals surface area contributed by atoms with E-state index in [9.17, 15) is 4.79 Å². The van der Waals surface area contributed by atoms with Crippen molar-refractivity contribution in [2.45, 2.75) is 13.8 Å². The van der Waals surface area contributed by atoms with E-state index in [1.54, 1.807) is 25.3 Å². The number of cyclic esters (lactones) is 1. The Balaban J connectivity index is 1.93. The van der Waals surface area contributed by atoms with Crippen molar-refractivity contribution in [2.24, 2.45) is 4.99 Å². The van der Waals surface area contributed by atoms with Gasteiger partial charge in [0.15, 0.2) is 17.2 Å². The van der Waals surface area contributed by atoms with E-state index >= 15 is 0 Å². The molecule has 0 aromatic heterocycles. The van der Waals surface area contributed by atoms with Crippen LogP contribution in [-0.2, 0) is 9.53 Å². The van der Waals surface area contributed by atoms with Crippen molar-refractivity contribution in [1.82, 2.24) is 0 Å². The largest absolute Gasteiger partial charge is 0.493 e. The third-order valence-corrected chi connectivity index (χ3v) is 3.79. The first kappa shape index (κ1) is 16.8. The molecule has 0 saturated carbocycles. The molecule has 0 amide bonds. The van der Waals surface area contributed by atoms with Crippen LogP contribution in [0, 0.1) is 6.92 Å². The highest BCUT2D eigenvalue weighted by Crippen LogP contribution is 2.29. The fourth-order valence-electron chi connectivity index (χ4n) is 2.54. The second-order valence-corrected chi connectivity index (χ2v) is 5.49. The Morgan fingerprint density at radius 1 is 1.16 bits per heavy atom. The second kappa shape index (κ2) is 7.21. The van der Waals surface area contributed by atoms with Crippen LogP contribution in [0.4, 0.5) is 0 Å². The van der Waals surface area contributed by atoms with Crippen molar-refractivity contribution in [1.29, 1.82) is 0 Å². The van der Waals surface area contributed by atoms with Gasteiger partial charge in [-0.1, -0.05) is 24.3 Å². The van der Waals surface area contributed by atoms with Crippen molar-refractivity contribution in [3.05, 3.63) is 64.9 Å². The van der Waals surface area contributed by atoms with Gasteiger partial charge in [-0.25, -0.2) is 9.79 Å². The number of esters is 1. The predicted octanol–water partition coefficient (Wildman–Crippen LogP) is 3.75. The molecule has 128 valence electrons. The molecule has 1 aliphatic heterocycles. The molecule has 0 aliphatic carbocycles. The molecule has 1 aliphatic rings. The van der Waals surface area contributed by atoms with Crippen molar-refractivity contribution in [3.63, 3.8) is 0 Å². The summed E-state index contributed by atoms with van der Waals surface area (Å²) in [4.78, 5) is 16.5. The minimum absolute atomic E-state index is 0.254. The van der Waals surface area contributed by atoms with Crippen LogP contribution in [0.1, 0.15) is 23.6 Å². The SMILES string of the molecule is CCOc1ccc(/C=C2\N=C(c3ccccc3C)OC2=O)cc1OC. The van der Waals surface area contributed by atoms with Crippen LogP contribution in [-0.4, -0.2) is 25.6 Å². The Hall–Kier alpha value is -3.08. The summed E-state index contributed by atoms with van der Waals surface area (Å²) in [6, 6.07) is 13.1. The Morgan fingerprint density at radius 2 is 1.96 bits per heavy atom. The summed E-state index contributed by atoms with van der Waals surface area (Å²) < 4.78 is 16.1. The number of aliphatic imine (C=N–C) groups is 1. The molecule has 3 rings (SSSR count). The first-order chi connectivity index (χ1) is 12.1. The number of aryl methyl sites for hydroxylation is 1. The highest BCUT2D eigenvalue weighted by molar-refractivity contribution is 6.13. The van der Waals surface area contributed by atoms with Gasteiger partial charge in [-0.3, -0.25) is 0 Å². The third-order valence-electron chi connectivity index (χ3n) is 3.79. The Morgan fingerprint density at radius 3 is 2.68 bits per heavy atom. The maximum atomic E-state index is 12.1. The summed E-state index contributed by atoms with van der Waals surface area (Å²) in [5.74, 6) is 1.12. The van der Waals surface area contributed by atoms with Crippen molar-refractivity contribution in [2.75, 3.05) is 13.7 Å². The van der Waals surface area contributed by atoms with E-state index < -0.39 is 5.97 Å². The van der Waals surface area contributed by atoms with Crippen LogP contribution >= 0.6 is 0 Å². The fraction of sp³-hybridized carbons (Fsp3) is 0.200. The maximum Gasteiger partial charge on any atom is 0.363 e. The van der Waals surface area contributed by atoms with Gasteiger partial charge in [0.1, 0.15) is 0 Å². The summed E-state index contributed by atoms with van der Waals surface area (Å²) in [6.45, 7) is 4.41. The van der Waals surface area contributed by atoms with Crippen molar-refractivity contribution < 1.29 is 19.0 Å². The van der Waals surface area contributed by atoms with E-state index in [4.69, 9.17) is 14.2 Å². The zero-order valence-corrected chi connectivity index (χ0v) is 14.4. The van der Waals surface area contributed by atoms with Gasteiger partial charge in [-0.15, -0.1) is 0 Å². The Bertz CT molecular complexity index is 868. The lowest BCUT2D eigenvalue weighted by Gasteiger charge is -2.09. The van der Waals surface area contributed by atoms with Gasteiger partial charge in [0.05, 0.1) is 13.7 Å². The maximum absolute atomic E-state index is 12.1. The van der Waals surface area contributed by atoms with Crippen LogP contribution in [0.15, 0.2) is 53.2 Å². The van der Waals surface area contributed by atoms with Gasteiger partial charge in [-0.05, 0) is 49.2 Å². The molecule has 2 aromatic rings. The molecule has 25 heavy (non-hydrogen) atoms. The summed E-state index contributed by atoms with van der Waals surface area (Å²) in [7, 11) is 1.58. The number of methoxy groups -OCH3 is 1. The van der Waals surface area contributed by atoms with Crippen LogP contribution in [0.5, 0.6) is 11.5 Å². The van der Waals surface area contributed by atoms with E-state index in [0.29, 0.717) is 24.0 Å². The van der Waals surface area contributed by atoms with E-state index in [-0.39, 0.29) is 5.70 Å². The number of carbonyl (C=O) groups is 1. The molecular formula is C20H19NO4. The topological polar surface area (TPSA) is 57.1 Å².